The van der Waals surface area contributed by atoms with E-state index in [2.05, 4.69) is 5.32 Å². The lowest BCUT2D eigenvalue weighted by Gasteiger charge is -2.04. The Morgan fingerprint density at radius 3 is 2.77 bits per heavy atom. The Bertz CT molecular complexity index is 359. The molecule has 0 unspecified atom stereocenters. The lowest BCUT2D eigenvalue weighted by atomic mass is 10.3. The van der Waals surface area contributed by atoms with Gasteiger partial charge in [0.1, 0.15) is 5.82 Å². The van der Waals surface area contributed by atoms with Crippen molar-refractivity contribution in [1.82, 2.24) is 0 Å². The van der Waals surface area contributed by atoms with Gasteiger partial charge in [-0.2, -0.15) is 0 Å². The van der Waals surface area contributed by atoms with Gasteiger partial charge in [0.2, 0.25) is 0 Å². The molecule has 0 aliphatic carbocycles. The predicted octanol–water partition coefficient (Wildman–Crippen LogP) is 3.17. The molecule has 0 spiro atoms. The molecule has 0 saturated heterocycles. The summed E-state index contributed by atoms with van der Waals surface area (Å²) in [5.41, 5.74) is 0.190. The smallest absolute Gasteiger partial charge is 0.409 e. The first-order valence-corrected chi connectivity index (χ1v) is 4.61. The number of carbonyl (C=O) groups is 1. The highest BCUT2D eigenvalue weighted by Gasteiger charge is 2.08. The van der Waals surface area contributed by atoms with Crippen molar-refractivity contribution < 1.29 is 14.3 Å². The van der Waals surface area contributed by atoms with Gasteiger partial charge in [-0.15, -0.1) is 0 Å². The molecule has 70 valence electrons. The van der Waals surface area contributed by atoms with Gasteiger partial charge in [0.05, 0.1) is 10.7 Å². The van der Waals surface area contributed by atoms with E-state index in [4.69, 9.17) is 16.7 Å². The highest BCUT2D eigenvalue weighted by Crippen LogP contribution is 2.25. The molecule has 0 aliphatic heterocycles. The normalized spacial score (nSPS) is 9.77. The maximum Gasteiger partial charge on any atom is 0.409 e. The number of halogens is 3. The first kappa shape index (κ1) is 10.5. The summed E-state index contributed by atoms with van der Waals surface area (Å²) in [5.74, 6) is -0.647. The van der Waals surface area contributed by atoms with E-state index >= 15 is 0 Å². The SMILES string of the molecule is O=C(O)Nc1cc(F)c(Cl)cc1I. The molecule has 0 fully saturated rings. The van der Waals surface area contributed by atoms with Crippen LogP contribution in [0.15, 0.2) is 12.1 Å². The van der Waals surface area contributed by atoms with Crippen molar-refractivity contribution in [2.24, 2.45) is 0 Å². The first-order valence-electron chi connectivity index (χ1n) is 3.15. The number of hydrogen-bond donors (Lipinski definition) is 2. The van der Waals surface area contributed by atoms with Crippen LogP contribution in [-0.4, -0.2) is 11.2 Å². The molecule has 0 radical (unpaired) electrons. The van der Waals surface area contributed by atoms with Crippen molar-refractivity contribution in [3.8, 4) is 0 Å². The summed E-state index contributed by atoms with van der Waals surface area (Å²) in [6.45, 7) is 0. The van der Waals surface area contributed by atoms with Crippen LogP contribution in [0.1, 0.15) is 0 Å². The topological polar surface area (TPSA) is 49.3 Å². The summed E-state index contributed by atoms with van der Waals surface area (Å²) in [5, 5.41) is 10.4. The zero-order chi connectivity index (χ0) is 10.0. The van der Waals surface area contributed by atoms with Crippen molar-refractivity contribution in [3.63, 3.8) is 0 Å². The van der Waals surface area contributed by atoms with Gasteiger partial charge in [0.15, 0.2) is 0 Å². The monoisotopic (exact) mass is 315 g/mol. The van der Waals surface area contributed by atoms with Crippen LogP contribution in [0.5, 0.6) is 0 Å². The van der Waals surface area contributed by atoms with Crippen LogP contribution < -0.4 is 5.32 Å². The second-order valence-electron chi connectivity index (χ2n) is 2.18. The molecule has 2 N–H and O–H groups in total. The Balaban J connectivity index is 3.08. The molecular formula is C7H4ClFINO2. The van der Waals surface area contributed by atoms with Crippen LogP contribution in [-0.2, 0) is 0 Å². The molecule has 13 heavy (non-hydrogen) atoms. The fourth-order valence-corrected chi connectivity index (χ4v) is 1.68. The highest BCUT2D eigenvalue weighted by atomic mass is 127. The Morgan fingerprint density at radius 2 is 2.23 bits per heavy atom. The first-order chi connectivity index (χ1) is 6.00. The molecule has 0 aliphatic rings. The van der Waals surface area contributed by atoms with Crippen LogP contribution in [0.3, 0.4) is 0 Å². The number of anilines is 1. The number of nitrogens with one attached hydrogen (secondary N) is 1. The Morgan fingerprint density at radius 1 is 1.62 bits per heavy atom. The zero-order valence-electron chi connectivity index (χ0n) is 6.14. The molecule has 0 saturated carbocycles. The van der Waals surface area contributed by atoms with Crippen LogP contribution in [0, 0.1) is 9.39 Å². The lowest BCUT2D eigenvalue weighted by molar-refractivity contribution is 0.209. The van der Waals surface area contributed by atoms with Gasteiger partial charge in [-0.3, -0.25) is 5.32 Å². The minimum Gasteiger partial charge on any atom is -0.465 e. The largest absolute Gasteiger partial charge is 0.465 e. The summed E-state index contributed by atoms with van der Waals surface area (Å²) in [6.07, 6.45) is -1.24. The number of hydrogen-bond acceptors (Lipinski definition) is 1. The van der Waals surface area contributed by atoms with E-state index in [9.17, 15) is 9.18 Å². The van der Waals surface area contributed by atoms with Crippen molar-refractivity contribution >= 4 is 46.0 Å². The second kappa shape index (κ2) is 4.10. The van der Waals surface area contributed by atoms with E-state index < -0.39 is 11.9 Å². The fourth-order valence-electron chi connectivity index (χ4n) is 0.734. The molecule has 6 heteroatoms. The van der Waals surface area contributed by atoms with Gasteiger partial charge in [0, 0.05) is 9.64 Å². The summed E-state index contributed by atoms with van der Waals surface area (Å²) >= 11 is 7.33. The lowest BCUT2D eigenvalue weighted by Crippen LogP contribution is -2.08. The van der Waals surface area contributed by atoms with Crippen LogP contribution in [0.2, 0.25) is 5.02 Å². The standard InChI is InChI=1S/C7H4ClFINO2/c8-3-1-5(10)6(2-4(3)9)11-7(12)13/h1-2,11H,(H,12,13). The Labute approximate surface area is 92.0 Å². The average Bonchev–Trinajstić information content (AvgIpc) is 1.99. The molecule has 3 nitrogen and oxygen atoms in total. The minimum absolute atomic E-state index is 0.0275. The van der Waals surface area contributed by atoms with Gasteiger partial charge >= 0.3 is 6.09 Å². The highest BCUT2D eigenvalue weighted by molar-refractivity contribution is 14.1. The summed E-state index contributed by atoms with van der Waals surface area (Å²) in [6, 6.07) is 2.39. The van der Waals surface area contributed by atoms with Crippen LogP contribution in [0.4, 0.5) is 14.9 Å². The third kappa shape index (κ3) is 2.70. The van der Waals surface area contributed by atoms with E-state index in [1.807, 2.05) is 22.6 Å². The Kier molecular flexibility index (Phi) is 3.32. The number of amides is 1. The number of rotatable bonds is 1. The quantitative estimate of drug-likeness (QED) is 0.618. The van der Waals surface area contributed by atoms with Gasteiger partial charge in [-0.05, 0) is 28.7 Å². The zero-order valence-corrected chi connectivity index (χ0v) is 9.06. The van der Waals surface area contributed by atoms with Crippen molar-refractivity contribution in [2.45, 2.75) is 0 Å². The third-order valence-electron chi connectivity index (χ3n) is 1.25. The van der Waals surface area contributed by atoms with Crippen molar-refractivity contribution in [2.75, 3.05) is 5.32 Å². The summed E-state index contributed by atoms with van der Waals surface area (Å²) in [7, 11) is 0. The van der Waals surface area contributed by atoms with E-state index in [1.165, 1.54) is 6.07 Å². The number of benzene rings is 1. The van der Waals surface area contributed by atoms with E-state index in [0.717, 1.165) is 6.07 Å². The minimum atomic E-state index is -1.24. The van der Waals surface area contributed by atoms with Gasteiger partial charge in [-0.1, -0.05) is 11.6 Å². The van der Waals surface area contributed by atoms with Gasteiger partial charge < -0.3 is 5.11 Å². The molecule has 1 aromatic rings. The van der Waals surface area contributed by atoms with Crippen molar-refractivity contribution in [3.05, 3.63) is 26.5 Å². The molecule has 1 amide bonds. The maximum atomic E-state index is 12.8. The van der Waals surface area contributed by atoms with E-state index in [0.29, 0.717) is 3.57 Å². The average molecular weight is 315 g/mol. The van der Waals surface area contributed by atoms with Gasteiger partial charge in [0.25, 0.3) is 0 Å². The predicted molar refractivity (Wildman–Crippen MR) is 55.8 cm³/mol. The molecule has 0 aromatic heterocycles. The summed E-state index contributed by atoms with van der Waals surface area (Å²) in [4.78, 5) is 10.2. The number of carboxylic acid groups (broad SMARTS) is 1. The van der Waals surface area contributed by atoms with Gasteiger partial charge in [-0.25, -0.2) is 9.18 Å². The van der Waals surface area contributed by atoms with Crippen LogP contribution >= 0.6 is 34.2 Å². The van der Waals surface area contributed by atoms with Crippen molar-refractivity contribution in [1.29, 1.82) is 0 Å². The van der Waals surface area contributed by atoms with E-state index in [1.54, 1.807) is 0 Å². The molecule has 1 rings (SSSR count). The summed E-state index contributed by atoms with van der Waals surface area (Å²) < 4.78 is 13.4. The molecule has 0 atom stereocenters. The fraction of sp³-hybridized carbons (Fsp3) is 0. The molecular weight excluding hydrogens is 311 g/mol. The molecule has 0 heterocycles. The maximum absolute atomic E-state index is 12.8. The second-order valence-corrected chi connectivity index (χ2v) is 3.75. The molecule has 1 aromatic carbocycles. The Hall–Kier alpha value is -0.560. The van der Waals surface area contributed by atoms with Crippen LogP contribution in [0.25, 0.3) is 0 Å². The molecule has 0 bridgehead atoms. The van der Waals surface area contributed by atoms with E-state index in [-0.39, 0.29) is 10.7 Å². The third-order valence-corrected chi connectivity index (χ3v) is 2.43.